The van der Waals surface area contributed by atoms with Crippen LogP contribution < -0.4 is 15.4 Å². The molecule has 3 rings (SSSR count). The molecule has 0 radical (unpaired) electrons. The number of hydrogen-bond acceptors (Lipinski definition) is 3. The summed E-state index contributed by atoms with van der Waals surface area (Å²) in [6, 6.07) is 17.3. The lowest BCUT2D eigenvalue weighted by atomic mass is 10.1. The molecule has 2 amide bonds. The first-order valence-electron chi connectivity index (χ1n) is 8.57. The van der Waals surface area contributed by atoms with Gasteiger partial charge < -0.3 is 10.6 Å². The Morgan fingerprint density at radius 3 is 2.37 bits per heavy atom. The van der Waals surface area contributed by atoms with E-state index in [2.05, 4.69) is 15.4 Å². The van der Waals surface area contributed by atoms with Crippen molar-refractivity contribution in [3.8, 4) is 0 Å². The van der Waals surface area contributed by atoms with Gasteiger partial charge in [0.2, 0.25) is 0 Å². The van der Waals surface area contributed by atoms with Gasteiger partial charge in [0.05, 0.1) is 10.6 Å². The zero-order chi connectivity index (χ0) is 19.4. The number of rotatable bonds is 5. The normalized spacial score (nSPS) is 11.2. The van der Waals surface area contributed by atoms with Gasteiger partial charge in [0.1, 0.15) is 0 Å². The molecular weight excluding hydrogens is 362 g/mol. The van der Waals surface area contributed by atoms with Gasteiger partial charge in [0.15, 0.2) is 0 Å². The zero-order valence-electron chi connectivity index (χ0n) is 15.1. The fourth-order valence-corrected chi connectivity index (χ4v) is 3.90. The van der Waals surface area contributed by atoms with E-state index >= 15 is 0 Å². The molecule has 0 heterocycles. The lowest BCUT2D eigenvalue weighted by Gasteiger charge is -2.15. The average molecular weight is 383 g/mol. The number of fused-ring (bicyclic) bond motifs is 1. The van der Waals surface area contributed by atoms with E-state index in [0.717, 1.165) is 10.8 Å². The van der Waals surface area contributed by atoms with E-state index in [9.17, 15) is 13.2 Å². The summed E-state index contributed by atoms with van der Waals surface area (Å²) in [7, 11) is -3.76. The van der Waals surface area contributed by atoms with Crippen LogP contribution >= 0.6 is 0 Å². The number of benzene rings is 3. The first-order chi connectivity index (χ1) is 12.9. The minimum atomic E-state index is -3.76. The highest BCUT2D eigenvalue weighted by Crippen LogP contribution is 2.27. The third kappa shape index (κ3) is 4.20. The molecular formula is C20H21N3O3S. The zero-order valence-corrected chi connectivity index (χ0v) is 15.9. The summed E-state index contributed by atoms with van der Waals surface area (Å²) in [6.07, 6.45) is 0. The molecule has 0 aliphatic carbocycles. The largest absolute Gasteiger partial charge is 0.338 e. The van der Waals surface area contributed by atoms with Crippen molar-refractivity contribution >= 4 is 38.2 Å². The highest BCUT2D eigenvalue weighted by atomic mass is 32.2. The van der Waals surface area contributed by atoms with Crippen molar-refractivity contribution in [1.29, 1.82) is 0 Å². The minimum Gasteiger partial charge on any atom is -0.338 e. The summed E-state index contributed by atoms with van der Waals surface area (Å²) in [5, 5.41) is 7.18. The van der Waals surface area contributed by atoms with Crippen LogP contribution in [0.25, 0.3) is 10.8 Å². The quantitative estimate of drug-likeness (QED) is 0.620. The first-order valence-corrected chi connectivity index (χ1v) is 10.0. The number of amides is 2. The van der Waals surface area contributed by atoms with Crippen LogP contribution in [0.5, 0.6) is 0 Å². The second kappa shape index (κ2) is 7.67. The van der Waals surface area contributed by atoms with Crippen molar-refractivity contribution in [2.45, 2.75) is 18.7 Å². The molecule has 0 unspecified atom stereocenters. The Bertz CT molecular complexity index is 1090. The lowest BCUT2D eigenvalue weighted by molar-refractivity contribution is 0.252. The Labute approximate surface area is 158 Å². The molecule has 0 saturated heterocycles. The molecule has 0 bridgehead atoms. The molecule has 6 nitrogen and oxygen atoms in total. The predicted molar refractivity (Wildman–Crippen MR) is 109 cm³/mol. The Hall–Kier alpha value is -3.06. The third-order valence-corrected chi connectivity index (χ3v) is 5.56. The number of nitrogens with one attached hydrogen (secondary N) is 3. The van der Waals surface area contributed by atoms with Crippen molar-refractivity contribution in [2.75, 3.05) is 16.6 Å². The van der Waals surface area contributed by atoms with E-state index in [0.29, 0.717) is 23.5 Å². The Morgan fingerprint density at radius 2 is 1.63 bits per heavy atom. The predicted octanol–water partition coefficient (Wildman–Crippen LogP) is 4.09. The number of carbonyl (C=O) groups is 1. The van der Waals surface area contributed by atoms with Crippen LogP contribution in [-0.2, 0) is 10.0 Å². The second-order valence-electron chi connectivity index (χ2n) is 6.08. The van der Waals surface area contributed by atoms with E-state index in [-0.39, 0.29) is 10.9 Å². The van der Waals surface area contributed by atoms with E-state index < -0.39 is 10.0 Å². The van der Waals surface area contributed by atoms with Gasteiger partial charge in [-0.3, -0.25) is 4.72 Å². The summed E-state index contributed by atoms with van der Waals surface area (Å²) in [4.78, 5) is 11.9. The van der Waals surface area contributed by atoms with Crippen molar-refractivity contribution in [3.05, 3.63) is 66.2 Å². The average Bonchev–Trinajstić information content (AvgIpc) is 2.64. The Kier molecular flexibility index (Phi) is 5.32. The van der Waals surface area contributed by atoms with E-state index in [4.69, 9.17) is 0 Å². The summed E-state index contributed by atoms with van der Waals surface area (Å²) in [5.74, 6) is 0. The van der Waals surface area contributed by atoms with Gasteiger partial charge in [-0.15, -0.1) is 0 Å². The van der Waals surface area contributed by atoms with Crippen LogP contribution in [0.4, 0.5) is 16.2 Å². The molecule has 27 heavy (non-hydrogen) atoms. The summed E-state index contributed by atoms with van der Waals surface area (Å²) in [6.45, 7) is 4.07. The van der Waals surface area contributed by atoms with Crippen molar-refractivity contribution in [1.82, 2.24) is 5.32 Å². The van der Waals surface area contributed by atoms with Crippen LogP contribution in [-0.4, -0.2) is 21.0 Å². The van der Waals surface area contributed by atoms with Crippen molar-refractivity contribution in [2.24, 2.45) is 0 Å². The maximum absolute atomic E-state index is 12.8. The molecule has 3 aromatic rings. The standard InChI is InChI=1S/C20H21N3O3S/c1-3-21-20(24)22-18-9-6-10-19(14(18)2)23-27(25,26)17-12-11-15-7-4-5-8-16(15)13-17/h4-13,23H,3H2,1-2H3,(H2,21,22,24). The van der Waals surface area contributed by atoms with Gasteiger partial charge in [-0.25, -0.2) is 13.2 Å². The fraction of sp³-hybridized carbons (Fsp3) is 0.150. The molecule has 0 aromatic heterocycles. The number of anilines is 2. The van der Waals surface area contributed by atoms with E-state index in [1.807, 2.05) is 31.2 Å². The Balaban J connectivity index is 1.89. The number of hydrogen-bond donors (Lipinski definition) is 3. The molecule has 7 heteroatoms. The topological polar surface area (TPSA) is 87.3 Å². The van der Waals surface area contributed by atoms with Crippen LogP contribution in [0.2, 0.25) is 0 Å². The van der Waals surface area contributed by atoms with Crippen LogP contribution in [0.15, 0.2) is 65.6 Å². The smallest absolute Gasteiger partial charge is 0.319 e. The monoisotopic (exact) mass is 383 g/mol. The van der Waals surface area contributed by atoms with Crippen LogP contribution in [0.1, 0.15) is 12.5 Å². The fourth-order valence-electron chi connectivity index (χ4n) is 2.75. The van der Waals surface area contributed by atoms with Gasteiger partial charge in [-0.05, 0) is 54.4 Å². The van der Waals surface area contributed by atoms with Gasteiger partial charge in [-0.2, -0.15) is 0 Å². The highest BCUT2D eigenvalue weighted by Gasteiger charge is 2.17. The maximum atomic E-state index is 12.8. The third-order valence-electron chi connectivity index (χ3n) is 4.19. The summed E-state index contributed by atoms with van der Waals surface area (Å²) >= 11 is 0. The van der Waals surface area contributed by atoms with Gasteiger partial charge in [-0.1, -0.05) is 36.4 Å². The van der Waals surface area contributed by atoms with Gasteiger partial charge in [0.25, 0.3) is 10.0 Å². The SMILES string of the molecule is CCNC(=O)Nc1cccc(NS(=O)(=O)c2ccc3ccccc3c2)c1C. The molecule has 0 aliphatic heterocycles. The van der Waals surface area contributed by atoms with Gasteiger partial charge in [0, 0.05) is 12.2 Å². The summed E-state index contributed by atoms with van der Waals surface area (Å²) in [5.41, 5.74) is 1.59. The second-order valence-corrected chi connectivity index (χ2v) is 7.76. The molecule has 0 fully saturated rings. The van der Waals surface area contributed by atoms with Crippen molar-refractivity contribution < 1.29 is 13.2 Å². The molecule has 140 valence electrons. The number of carbonyl (C=O) groups excluding carboxylic acids is 1. The Morgan fingerprint density at radius 1 is 0.926 bits per heavy atom. The first kappa shape index (κ1) is 18.7. The lowest BCUT2D eigenvalue weighted by Crippen LogP contribution is -2.28. The van der Waals surface area contributed by atoms with Crippen molar-refractivity contribution in [3.63, 3.8) is 0 Å². The molecule has 0 spiro atoms. The van der Waals surface area contributed by atoms with Gasteiger partial charge >= 0.3 is 6.03 Å². The molecule has 0 aliphatic rings. The van der Waals surface area contributed by atoms with Crippen LogP contribution in [0, 0.1) is 6.92 Å². The van der Waals surface area contributed by atoms with E-state index in [1.54, 1.807) is 43.3 Å². The summed E-state index contributed by atoms with van der Waals surface area (Å²) < 4.78 is 28.3. The molecule has 0 saturated carbocycles. The number of sulfonamides is 1. The highest BCUT2D eigenvalue weighted by molar-refractivity contribution is 7.92. The number of urea groups is 1. The molecule has 3 N–H and O–H groups in total. The minimum absolute atomic E-state index is 0.183. The maximum Gasteiger partial charge on any atom is 0.319 e. The van der Waals surface area contributed by atoms with Crippen LogP contribution in [0.3, 0.4) is 0 Å². The molecule has 3 aromatic carbocycles. The molecule has 0 atom stereocenters. The van der Waals surface area contributed by atoms with E-state index in [1.165, 1.54) is 0 Å².